The van der Waals surface area contributed by atoms with Crippen LogP contribution in [0.25, 0.3) is 0 Å². The molecule has 0 radical (unpaired) electrons. The van der Waals surface area contributed by atoms with Crippen molar-refractivity contribution in [1.29, 1.82) is 5.26 Å². The average molecular weight is 305 g/mol. The van der Waals surface area contributed by atoms with Gasteiger partial charge in [0.1, 0.15) is 11.8 Å². The summed E-state index contributed by atoms with van der Waals surface area (Å²) in [4.78, 5) is 4.35. The first-order chi connectivity index (χ1) is 11.3. The van der Waals surface area contributed by atoms with Gasteiger partial charge in [0, 0.05) is 5.92 Å². The van der Waals surface area contributed by atoms with Crippen LogP contribution in [-0.2, 0) is 6.54 Å². The van der Waals surface area contributed by atoms with E-state index in [2.05, 4.69) is 28.5 Å². The molecule has 1 fully saturated rings. The summed E-state index contributed by atoms with van der Waals surface area (Å²) in [5, 5.41) is 12.3. The van der Waals surface area contributed by atoms with E-state index in [-0.39, 0.29) is 5.92 Å². The quantitative estimate of drug-likeness (QED) is 0.770. The third kappa shape index (κ3) is 2.71. The maximum Gasteiger partial charge on any atom is 0.232 e. The predicted molar refractivity (Wildman–Crippen MR) is 83.8 cm³/mol. The Bertz CT molecular complexity index is 831. The molecule has 0 amide bonds. The number of benzene rings is 1. The Morgan fingerprint density at radius 1 is 1.17 bits per heavy atom. The molecule has 1 aliphatic carbocycles. The van der Waals surface area contributed by atoms with Crippen molar-refractivity contribution < 1.29 is 8.83 Å². The lowest BCUT2D eigenvalue weighted by Gasteiger charge is -1.99. The van der Waals surface area contributed by atoms with Gasteiger partial charge in [-0.1, -0.05) is 30.3 Å². The number of nitrogens with zero attached hydrogens (tertiary/aromatic N) is 2. The first kappa shape index (κ1) is 13.6. The molecule has 0 aliphatic heterocycles. The molecular formula is C18H15N3O2. The standard InChI is InChI=1S/C18H15N3O2/c19-10-16-18(20-11-13-7-4-8-22-13)23-17(21-16)15-9-14(15)12-5-2-1-3-6-12/h1-8,14-15,20H,9,11H2/t14-,15-/m1/s1. The molecule has 5 heteroatoms. The van der Waals surface area contributed by atoms with Crippen LogP contribution < -0.4 is 5.32 Å². The average Bonchev–Trinajstić information content (AvgIpc) is 3.04. The zero-order valence-corrected chi connectivity index (χ0v) is 12.4. The normalized spacial score (nSPS) is 19.3. The van der Waals surface area contributed by atoms with Crippen LogP contribution in [0, 0.1) is 11.3 Å². The summed E-state index contributed by atoms with van der Waals surface area (Å²) < 4.78 is 11.1. The van der Waals surface area contributed by atoms with Crippen LogP contribution in [0.5, 0.6) is 0 Å². The first-order valence-electron chi connectivity index (χ1n) is 7.57. The molecule has 2 aromatic heterocycles. The molecule has 4 rings (SSSR count). The van der Waals surface area contributed by atoms with Crippen LogP contribution >= 0.6 is 0 Å². The van der Waals surface area contributed by atoms with Crippen LogP contribution in [0.3, 0.4) is 0 Å². The highest BCUT2D eigenvalue weighted by Crippen LogP contribution is 2.54. The van der Waals surface area contributed by atoms with E-state index in [0.29, 0.717) is 29.9 Å². The summed E-state index contributed by atoms with van der Waals surface area (Å²) in [6.45, 7) is 0.461. The Balaban J connectivity index is 1.49. The summed E-state index contributed by atoms with van der Waals surface area (Å²) in [6.07, 6.45) is 2.62. The fourth-order valence-corrected chi connectivity index (χ4v) is 2.81. The zero-order chi connectivity index (χ0) is 15.6. The predicted octanol–water partition coefficient (Wildman–Crippen LogP) is 4.02. The van der Waals surface area contributed by atoms with E-state index in [1.807, 2.05) is 30.3 Å². The smallest absolute Gasteiger partial charge is 0.232 e. The fraction of sp³-hybridized carbons (Fsp3) is 0.222. The largest absolute Gasteiger partial charge is 0.467 e. The van der Waals surface area contributed by atoms with Crippen molar-refractivity contribution >= 4 is 5.88 Å². The third-order valence-electron chi connectivity index (χ3n) is 4.09. The number of nitriles is 1. The number of nitrogens with one attached hydrogen (secondary N) is 1. The van der Waals surface area contributed by atoms with Gasteiger partial charge >= 0.3 is 0 Å². The van der Waals surface area contributed by atoms with E-state index in [4.69, 9.17) is 8.83 Å². The lowest BCUT2D eigenvalue weighted by Crippen LogP contribution is -1.98. The van der Waals surface area contributed by atoms with E-state index >= 15 is 0 Å². The molecule has 0 unspecified atom stereocenters. The molecule has 114 valence electrons. The highest BCUT2D eigenvalue weighted by molar-refractivity contribution is 5.46. The number of furan rings is 1. The Kier molecular flexibility index (Phi) is 3.35. The molecule has 2 atom stereocenters. The second-order valence-electron chi connectivity index (χ2n) is 5.63. The van der Waals surface area contributed by atoms with Crippen molar-refractivity contribution in [3.8, 4) is 6.07 Å². The highest BCUT2D eigenvalue weighted by Gasteiger charge is 2.43. The van der Waals surface area contributed by atoms with Crippen LogP contribution in [0.15, 0.2) is 57.6 Å². The summed E-state index contributed by atoms with van der Waals surface area (Å²) >= 11 is 0. The Labute approximate surface area is 133 Å². The summed E-state index contributed by atoms with van der Waals surface area (Å²) in [6, 6.07) is 16.1. The number of anilines is 1. The molecule has 3 aromatic rings. The molecule has 1 aromatic carbocycles. The Morgan fingerprint density at radius 3 is 2.78 bits per heavy atom. The van der Waals surface area contributed by atoms with Gasteiger partial charge in [0.2, 0.25) is 17.5 Å². The first-order valence-corrected chi connectivity index (χ1v) is 7.57. The van der Waals surface area contributed by atoms with Crippen LogP contribution in [0.1, 0.15) is 41.2 Å². The van der Waals surface area contributed by atoms with Crippen molar-refractivity contribution in [2.45, 2.75) is 24.8 Å². The minimum absolute atomic E-state index is 0.253. The number of hydrogen-bond donors (Lipinski definition) is 1. The number of hydrogen-bond acceptors (Lipinski definition) is 5. The van der Waals surface area contributed by atoms with Gasteiger partial charge in [-0.25, -0.2) is 4.98 Å². The van der Waals surface area contributed by atoms with Gasteiger partial charge in [0.15, 0.2) is 0 Å². The summed E-state index contributed by atoms with van der Waals surface area (Å²) in [5.41, 5.74) is 1.59. The molecule has 2 heterocycles. The number of oxazole rings is 1. The van der Waals surface area contributed by atoms with Crippen molar-refractivity contribution in [3.05, 3.63) is 71.6 Å². The van der Waals surface area contributed by atoms with E-state index in [9.17, 15) is 5.26 Å². The molecule has 1 N–H and O–H groups in total. The molecule has 23 heavy (non-hydrogen) atoms. The molecule has 0 bridgehead atoms. The monoisotopic (exact) mass is 305 g/mol. The Hall–Kier alpha value is -3.00. The Morgan fingerprint density at radius 2 is 2.04 bits per heavy atom. The minimum Gasteiger partial charge on any atom is -0.467 e. The van der Waals surface area contributed by atoms with E-state index in [0.717, 1.165) is 12.2 Å². The van der Waals surface area contributed by atoms with Crippen LogP contribution in [-0.4, -0.2) is 4.98 Å². The highest BCUT2D eigenvalue weighted by atomic mass is 16.4. The zero-order valence-electron chi connectivity index (χ0n) is 12.4. The summed E-state index contributed by atoms with van der Waals surface area (Å²) in [7, 11) is 0. The van der Waals surface area contributed by atoms with Crippen LogP contribution in [0.2, 0.25) is 0 Å². The topological polar surface area (TPSA) is 75.0 Å². The van der Waals surface area contributed by atoms with Gasteiger partial charge in [-0.3, -0.25) is 0 Å². The molecule has 0 spiro atoms. The minimum atomic E-state index is 0.253. The number of aromatic nitrogens is 1. The molecule has 0 saturated heterocycles. The molecular weight excluding hydrogens is 290 g/mol. The lowest BCUT2D eigenvalue weighted by atomic mass is 10.1. The fourth-order valence-electron chi connectivity index (χ4n) is 2.81. The number of rotatable bonds is 5. The SMILES string of the molecule is N#Cc1nc([C@@H]2C[C@@H]2c2ccccc2)oc1NCc1ccco1. The molecule has 5 nitrogen and oxygen atoms in total. The third-order valence-corrected chi connectivity index (χ3v) is 4.09. The van der Waals surface area contributed by atoms with Crippen molar-refractivity contribution in [2.24, 2.45) is 0 Å². The van der Waals surface area contributed by atoms with Crippen molar-refractivity contribution in [2.75, 3.05) is 5.32 Å². The van der Waals surface area contributed by atoms with Crippen molar-refractivity contribution in [3.63, 3.8) is 0 Å². The lowest BCUT2D eigenvalue weighted by molar-refractivity contribution is 0.492. The van der Waals surface area contributed by atoms with Gasteiger partial charge in [-0.05, 0) is 30.0 Å². The second kappa shape index (κ2) is 5.65. The van der Waals surface area contributed by atoms with Gasteiger partial charge in [0.25, 0.3) is 0 Å². The van der Waals surface area contributed by atoms with E-state index in [1.54, 1.807) is 6.26 Å². The second-order valence-corrected chi connectivity index (χ2v) is 5.63. The van der Waals surface area contributed by atoms with E-state index in [1.165, 1.54) is 5.56 Å². The maximum atomic E-state index is 9.24. The van der Waals surface area contributed by atoms with E-state index < -0.39 is 0 Å². The maximum absolute atomic E-state index is 9.24. The van der Waals surface area contributed by atoms with Crippen molar-refractivity contribution in [1.82, 2.24) is 4.98 Å². The van der Waals surface area contributed by atoms with Gasteiger partial charge < -0.3 is 14.2 Å². The van der Waals surface area contributed by atoms with Gasteiger partial charge in [0.05, 0.1) is 12.8 Å². The molecule has 1 saturated carbocycles. The van der Waals surface area contributed by atoms with Crippen LogP contribution in [0.4, 0.5) is 5.88 Å². The summed E-state index contributed by atoms with van der Waals surface area (Å²) in [5.74, 6) is 2.51. The molecule has 1 aliphatic rings. The van der Waals surface area contributed by atoms with Gasteiger partial charge in [-0.2, -0.15) is 5.26 Å². The van der Waals surface area contributed by atoms with Gasteiger partial charge in [-0.15, -0.1) is 0 Å².